The Hall–Kier alpha value is -2.53. The molecule has 2 fully saturated rings. The van der Waals surface area contributed by atoms with Gasteiger partial charge in [-0.2, -0.15) is 0 Å². The van der Waals surface area contributed by atoms with Gasteiger partial charge in [-0.3, -0.25) is 10.1 Å². The van der Waals surface area contributed by atoms with Gasteiger partial charge in [-0.15, -0.1) is 0 Å². The van der Waals surface area contributed by atoms with Crippen LogP contribution in [0.5, 0.6) is 5.75 Å². The zero-order valence-corrected chi connectivity index (χ0v) is 17.7. The number of carbonyl (C=O) groups excluding carboxylic acids is 2. The van der Waals surface area contributed by atoms with Gasteiger partial charge in [0, 0.05) is 19.5 Å². The van der Waals surface area contributed by atoms with Crippen molar-refractivity contribution in [2.45, 2.75) is 37.6 Å². The van der Waals surface area contributed by atoms with Crippen LogP contribution in [-0.4, -0.2) is 57.1 Å². The van der Waals surface area contributed by atoms with Crippen molar-refractivity contribution in [3.05, 3.63) is 42.0 Å². The molecule has 1 aromatic carbocycles. The molecule has 1 saturated carbocycles. The van der Waals surface area contributed by atoms with Gasteiger partial charge in [0.25, 0.3) is 6.43 Å². The van der Waals surface area contributed by atoms with Crippen LogP contribution in [-0.2, 0) is 20.4 Å². The van der Waals surface area contributed by atoms with E-state index in [2.05, 4.69) is 10.0 Å². The van der Waals surface area contributed by atoms with Crippen molar-refractivity contribution in [1.29, 1.82) is 0 Å². The van der Waals surface area contributed by atoms with Gasteiger partial charge in [0.15, 0.2) is 0 Å². The number of benzene rings is 1. The van der Waals surface area contributed by atoms with Crippen LogP contribution in [0.15, 0.2) is 36.4 Å². The molecule has 1 aliphatic heterocycles. The molecule has 0 aromatic heterocycles. The molecule has 2 aliphatic rings. The number of rotatable bonds is 11. The van der Waals surface area contributed by atoms with Gasteiger partial charge in [-0.05, 0) is 37.0 Å². The summed E-state index contributed by atoms with van der Waals surface area (Å²) in [6.45, 7) is -0.0939. The molecule has 11 heteroatoms. The van der Waals surface area contributed by atoms with Gasteiger partial charge in [0.05, 0.1) is 11.3 Å². The second kappa shape index (κ2) is 9.73. The molecule has 1 saturated heterocycles. The maximum atomic E-state index is 12.5. The van der Waals surface area contributed by atoms with Gasteiger partial charge in [0.1, 0.15) is 12.4 Å². The Morgan fingerprint density at radius 1 is 1.26 bits per heavy atom. The van der Waals surface area contributed by atoms with Crippen LogP contribution in [0.2, 0.25) is 0 Å². The Morgan fingerprint density at radius 2 is 2.03 bits per heavy atom. The van der Waals surface area contributed by atoms with Gasteiger partial charge in [-0.1, -0.05) is 24.3 Å². The molecule has 8 nitrogen and oxygen atoms in total. The minimum absolute atomic E-state index is 0.127. The fraction of sp³-hybridized carbons (Fsp3) is 0.500. The van der Waals surface area contributed by atoms with E-state index >= 15 is 0 Å². The van der Waals surface area contributed by atoms with Crippen LogP contribution in [0.1, 0.15) is 31.2 Å². The molecule has 1 aromatic rings. The van der Waals surface area contributed by atoms with Crippen LogP contribution in [0, 0.1) is 0 Å². The molecule has 170 valence electrons. The van der Waals surface area contributed by atoms with Crippen LogP contribution in [0.25, 0.3) is 0 Å². The summed E-state index contributed by atoms with van der Waals surface area (Å²) in [4.78, 5) is 24.2. The molecule has 31 heavy (non-hydrogen) atoms. The first-order valence-electron chi connectivity index (χ1n) is 9.96. The van der Waals surface area contributed by atoms with Gasteiger partial charge < -0.3 is 9.64 Å². The number of alkyl halides is 2. The molecule has 0 spiro atoms. The molecule has 0 unspecified atom stereocenters. The first-order valence-corrected chi connectivity index (χ1v) is 11.6. The lowest BCUT2D eigenvalue weighted by atomic mass is 10.1. The third-order valence-electron chi connectivity index (χ3n) is 5.05. The standard InChI is InChI=1S/C20H25F2N3O5S/c21-17(22)14-30-16-6-4-5-15(13-16)20(8-9-20)24-31(28,29)12-3-1-2-10-25-11-7-18(26)23-19(25)27/h1-2,4-6,13,17,24H,3,7-12,14H2,(H,23,26,27)/b2-1+. The fourth-order valence-corrected chi connectivity index (χ4v) is 4.75. The average Bonchev–Trinajstić information content (AvgIpc) is 3.48. The Bertz CT molecular complexity index is 948. The van der Waals surface area contributed by atoms with Crippen molar-refractivity contribution < 1.29 is 31.5 Å². The summed E-state index contributed by atoms with van der Waals surface area (Å²) in [6.07, 6.45) is 2.53. The summed E-state index contributed by atoms with van der Waals surface area (Å²) in [5.41, 5.74) is -0.0467. The largest absolute Gasteiger partial charge is 0.488 e. The first kappa shape index (κ1) is 23.1. The summed E-state index contributed by atoms with van der Waals surface area (Å²) in [5.74, 6) is -0.158. The molecule has 0 bridgehead atoms. The normalized spacial score (nSPS) is 18.5. The highest BCUT2D eigenvalue weighted by Gasteiger charge is 2.47. The van der Waals surface area contributed by atoms with E-state index in [0.717, 1.165) is 0 Å². The van der Waals surface area contributed by atoms with Crippen LogP contribution < -0.4 is 14.8 Å². The third kappa shape index (κ3) is 6.73. The second-order valence-electron chi connectivity index (χ2n) is 7.54. The Kier molecular flexibility index (Phi) is 7.26. The lowest BCUT2D eigenvalue weighted by Gasteiger charge is -2.25. The van der Waals surface area contributed by atoms with E-state index in [1.807, 2.05) is 0 Å². The number of carbonyl (C=O) groups is 2. The highest BCUT2D eigenvalue weighted by Crippen LogP contribution is 2.46. The molecule has 2 N–H and O–H groups in total. The third-order valence-corrected chi connectivity index (χ3v) is 6.53. The molecule has 3 amide bonds. The minimum atomic E-state index is -3.59. The Balaban J connectivity index is 1.49. The maximum Gasteiger partial charge on any atom is 0.324 e. The Morgan fingerprint density at radius 3 is 2.71 bits per heavy atom. The molecular weight excluding hydrogens is 432 g/mol. The van der Waals surface area contributed by atoms with E-state index in [4.69, 9.17) is 4.74 Å². The summed E-state index contributed by atoms with van der Waals surface area (Å²) in [5, 5.41) is 2.22. The van der Waals surface area contributed by atoms with E-state index in [-0.39, 0.29) is 30.3 Å². The molecule has 3 rings (SSSR count). The topological polar surface area (TPSA) is 105 Å². The first-order chi connectivity index (χ1) is 14.7. The summed E-state index contributed by atoms with van der Waals surface area (Å²) in [6, 6.07) is 6.09. The van der Waals surface area contributed by atoms with Crippen LogP contribution >= 0.6 is 0 Å². The number of sulfonamides is 1. The van der Waals surface area contributed by atoms with E-state index in [1.54, 1.807) is 36.4 Å². The minimum Gasteiger partial charge on any atom is -0.488 e. The van der Waals surface area contributed by atoms with E-state index in [0.29, 0.717) is 31.5 Å². The fourth-order valence-electron chi connectivity index (χ4n) is 3.28. The maximum absolute atomic E-state index is 12.5. The number of hydrogen-bond acceptors (Lipinski definition) is 5. The average molecular weight is 457 g/mol. The zero-order valence-electron chi connectivity index (χ0n) is 16.9. The number of urea groups is 1. The zero-order chi connectivity index (χ0) is 22.5. The van der Waals surface area contributed by atoms with E-state index in [9.17, 15) is 26.8 Å². The molecule has 0 atom stereocenters. The quantitative estimate of drug-likeness (QED) is 0.496. The monoisotopic (exact) mass is 457 g/mol. The lowest BCUT2D eigenvalue weighted by Crippen LogP contribution is -2.49. The Labute approximate surface area is 179 Å². The van der Waals surface area contributed by atoms with Gasteiger partial charge in [-0.25, -0.2) is 26.7 Å². The van der Waals surface area contributed by atoms with E-state index in [1.165, 1.54) is 4.90 Å². The number of amides is 3. The van der Waals surface area contributed by atoms with Gasteiger partial charge in [0.2, 0.25) is 15.9 Å². The highest BCUT2D eigenvalue weighted by atomic mass is 32.2. The van der Waals surface area contributed by atoms with Crippen molar-refractivity contribution in [2.24, 2.45) is 0 Å². The van der Waals surface area contributed by atoms with E-state index < -0.39 is 34.6 Å². The number of nitrogens with zero attached hydrogens (tertiary/aromatic N) is 1. The SMILES string of the molecule is O=C1CCN(C/C=C/CCS(=O)(=O)NC2(c3cccc(OCC(F)F)c3)CC2)C(=O)N1. The number of allylic oxidation sites excluding steroid dienone is 1. The lowest BCUT2D eigenvalue weighted by molar-refractivity contribution is -0.121. The predicted molar refractivity (Wildman–Crippen MR) is 109 cm³/mol. The van der Waals surface area contributed by atoms with Gasteiger partial charge >= 0.3 is 6.03 Å². The molecular formula is C20H25F2N3O5S. The second-order valence-corrected chi connectivity index (χ2v) is 9.38. The van der Waals surface area contributed by atoms with Crippen LogP contribution in [0.4, 0.5) is 13.6 Å². The number of hydrogen-bond donors (Lipinski definition) is 2. The summed E-state index contributed by atoms with van der Waals surface area (Å²) in [7, 11) is -3.59. The van der Waals surface area contributed by atoms with Crippen molar-refractivity contribution >= 4 is 22.0 Å². The van der Waals surface area contributed by atoms with Crippen molar-refractivity contribution in [1.82, 2.24) is 14.9 Å². The predicted octanol–water partition coefficient (Wildman–Crippen LogP) is 2.13. The summed E-state index contributed by atoms with van der Waals surface area (Å²) >= 11 is 0. The number of ether oxygens (including phenoxy) is 1. The van der Waals surface area contributed by atoms with Crippen LogP contribution in [0.3, 0.4) is 0 Å². The smallest absolute Gasteiger partial charge is 0.324 e. The molecule has 1 aliphatic carbocycles. The number of imide groups is 1. The van der Waals surface area contributed by atoms with Crippen molar-refractivity contribution in [2.75, 3.05) is 25.4 Å². The summed E-state index contributed by atoms with van der Waals surface area (Å²) < 4.78 is 57.5. The van der Waals surface area contributed by atoms with Crippen molar-refractivity contribution in [3.8, 4) is 5.75 Å². The number of halogens is 2. The number of nitrogens with one attached hydrogen (secondary N) is 2. The highest BCUT2D eigenvalue weighted by molar-refractivity contribution is 7.89. The molecule has 0 radical (unpaired) electrons. The molecule has 1 heterocycles. The van der Waals surface area contributed by atoms with Crippen molar-refractivity contribution in [3.63, 3.8) is 0 Å².